The molecule has 0 N–H and O–H groups in total. The highest BCUT2D eigenvalue weighted by Crippen LogP contribution is 2.27. The van der Waals surface area contributed by atoms with E-state index in [1.54, 1.807) is 49.0 Å². The number of nitrogens with zero attached hydrogens (tertiary/aromatic N) is 5. The molecule has 0 spiro atoms. The number of hydrogen-bond donors (Lipinski definition) is 0. The van der Waals surface area contributed by atoms with E-state index in [4.69, 9.17) is 0 Å². The molecular formula is C19H17N5O2. The van der Waals surface area contributed by atoms with E-state index in [1.165, 1.54) is 4.57 Å². The van der Waals surface area contributed by atoms with Gasteiger partial charge in [0.2, 0.25) is 0 Å². The molecule has 0 saturated heterocycles. The lowest BCUT2D eigenvalue weighted by Crippen LogP contribution is -2.39. The predicted molar refractivity (Wildman–Crippen MR) is 95.4 cm³/mol. The number of amides is 1. The summed E-state index contributed by atoms with van der Waals surface area (Å²) in [7, 11) is 1.64. The van der Waals surface area contributed by atoms with Crippen molar-refractivity contribution in [1.82, 2.24) is 24.4 Å². The van der Waals surface area contributed by atoms with Crippen molar-refractivity contribution in [1.29, 1.82) is 0 Å². The lowest BCUT2D eigenvalue weighted by atomic mass is 9.99. The van der Waals surface area contributed by atoms with Crippen molar-refractivity contribution in [3.05, 3.63) is 76.4 Å². The van der Waals surface area contributed by atoms with E-state index >= 15 is 0 Å². The van der Waals surface area contributed by atoms with Crippen LogP contribution in [0.4, 0.5) is 0 Å². The van der Waals surface area contributed by atoms with Crippen molar-refractivity contribution in [3.63, 3.8) is 0 Å². The highest BCUT2D eigenvalue weighted by Gasteiger charge is 2.26. The summed E-state index contributed by atoms with van der Waals surface area (Å²) >= 11 is 0. The molecule has 0 unspecified atom stereocenters. The first-order valence-electron chi connectivity index (χ1n) is 8.33. The van der Waals surface area contributed by atoms with Gasteiger partial charge in [0.15, 0.2) is 0 Å². The molecule has 1 aliphatic rings. The van der Waals surface area contributed by atoms with Crippen LogP contribution in [0.3, 0.4) is 0 Å². The van der Waals surface area contributed by atoms with Crippen LogP contribution in [0, 0.1) is 0 Å². The van der Waals surface area contributed by atoms with Gasteiger partial charge < -0.3 is 9.47 Å². The topological polar surface area (TPSA) is 81.0 Å². The van der Waals surface area contributed by atoms with E-state index in [9.17, 15) is 9.59 Å². The molecule has 1 amide bonds. The summed E-state index contributed by atoms with van der Waals surface area (Å²) in [6.45, 7) is 0.904. The number of rotatable bonds is 2. The zero-order valence-electron chi connectivity index (χ0n) is 14.3. The molecule has 4 rings (SSSR count). The Kier molecular flexibility index (Phi) is 4.04. The normalized spacial score (nSPS) is 13.3. The standard InChI is InChI=1S/C19H17N5O2/c1-23-9-2-3-14(18(23)25)19(26)24-10-6-16-15(11-24)17(22-12-21-16)13-4-7-20-8-5-13/h2-5,7-9,12H,6,10-11H2,1H3. The van der Waals surface area contributed by atoms with Crippen LogP contribution in [0.1, 0.15) is 21.6 Å². The summed E-state index contributed by atoms with van der Waals surface area (Å²) in [5.41, 5.74) is 3.49. The van der Waals surface area contributed by atoms with Crippen molar-refractivity contribution < 1.29 is 4.79 Å². The van der Waals surface area contributed by atoms with Gasteiger partial charge in [-0.25, -0.2) is 9.97 Å². The Morgan fingerprint density at radius 3 is 2.77 bits per heavy atom. The average molecular weight is 347 g/mol. The zero-order chi connectivity index (χ0) is 18.1. The third-order valence-electron chi connectivity index (χ3n) is 4.60. The fourth-order valence-electron chi connectivity index (χ4n) is 3.20. The highest BCUT2D eigenvalue weighted by atomic mass is 16.2. The van der Waals surface area contributed by atoms with Gasteiger partial charge in [-0.15, -0.1) is 0 Å². The zero-order valence-corrected chi connectivity index (χ0v) is 14.3. The van der Waals surface area contributed by atoms with E-state index in [2.05, 4.69) is 15.0 Å². The Morgan fingerprint density at radius 2 is 1.96 bits per heavy atom. The monoisotopic (exact) mass is 347 g/mol. The van der Waals surface area contributed by atoms with E-state index in [-0.39, 0.29) is 17.0 Å². The lowest BCUT2D eigenvalue weighted by Gasteiger charge is -2.29. The van der Waals surface area contributed by atoms with E-state index in [0.29, 0.717) is 19.5 Å². The second kappa shape index (κ2) is 6.51. The fourth-order valence-corrected chi connectivity index (χ4v) is 3.20. The molecule has 7 nitrogen and oxygen atoms in total. The maximum absolute atomic E-state index is 12.9. The Hall–Kier alpha value is -3.35. The largest absolute Gasteiger partial charge is 0.334 e. The smallest absolute Gasteiger partial charge is 0.263 e. The molecule has 26 heavy (non-hydrogen) atoms. The molecule has 7 heteroatoms. The number of aromatic nitrogens is 4. The summed E-state index contributed by atoms with van der Waals surface area (Å²) in [5.74, 6) is -0.263. The van der Waals surface area contributed by atoms with Crippen LogP contribution >= 0.6 is 0 Å². The Labute approximate surface area is 150 Å². The van der Waals surface area contributed by atoms with Gasteiger partial charge in [-0.1, -0.05) is 0 Å². The fraction of sp³-hybridized carbons (Fsp3) is 0.211. The molecule has 3 aromatic rings. The van der Waals surface area contributed by atoms with E-state index in [0.717, 1.165) is 22.5 Å². The van der Waals surface area contributed by atoms with Crippen LogP contribution in [0.25, 0.3) is 11.3 Å². The lowest BCUT2D eigenvalue weighted by molar-refractivity contribution is 0.0731. The second-order valence-corrected chi connectivity index (χ2v) is 6.20. The van der Waals surface area contributed by atoms with E-state index in [1.807, 2.05) is 12.1 Å². The minimum Gasteiger partial charge on any atom is -0.334 e. The van der Waals surface area contributed by atoms with Gasteiger partial charge in [-0.2, -0.15) is 0 Å². The maximum Gasteiger partial charge on any atom is 0.263 e. The van der Waals surface area contributed by atoms with E-state index < -0.39 is 0 Å². The maximum atomic E-state index is 12.9. The first-order valence-corrected chi connectivity index (χ1v) is 8.33. The molecule has 0 atom stereocenters. The SMILES string of the molecule is Cn1cccc(C(=O)N2CCc3ncnc(-c4ccncc4)c3C2)c1=O. The summed E-state index contributed by atoms with van der Waals surface area (Å²) in [6, 6.07) is 7.05. The quantitative estimate of drug-likeness (QED) is 0.701. The van der Waals surface area contributed by atoms with Crippen molar-refractivity contribution in [2.24, 2.45) is 7.05 Å². The van der Waals surface area contributed by atoms with Crippen LogP contribution < -0.4 is 5.56 Å². The molecule has 3 aromatic heterocycles. The third-order valence-corrected chi connectivity index (χ3v) is 4.60. The number of carbonyl (C=O) groups is 1. The van der Waals surface area contributed by atoms with Crippen LogP contribution in [0.5, 0.6) is 0 Å². The number of fused-ring (bicyclic) bond motifs is 1. The number of aryl methyl sites for hydroxylation is 1. The van der Waals surface area contributed by atoms with Crippen molar-refractivity contribution in [2.75, 3.05) is 6.54 Å². The second-order valence-electron chi connectivity index (χ2n) is 6.20. The molecule has 0 aliphatic carbocycles. The van der Waals surface area contributed by atoms with Gasteiger partial charge in [-0.3, -0.25) is 14.6 Å². The molecule has 0 fully saturated rings. The molecule has 0 radical (unpaired) electrons. The number of hydrogen-bond acceptors (Lipinski definition) is 5. The predicted octanol–water partition coefficient (Wildman–Crippen LogP) is 1.44. The number of pyridine rings is 2. The van der Waals surface area contributed by atoms with Crippen molar-refractivity contribution >= 4 is 5.91 Å². The molecule has 0 saturated carbocycles. The summed E-state index contributed by atoms with van der Waals surface area (Å²) < 4.78 is 1.41. The Morgan fingerprint density at radius 1 is 1.15 bits per heavy atom. The first-order chi connectivity index (χ1) is 12.6. The minimum absolute atomic E-state index is 0.181. The highest BCUT2D eigenvalue weighted by molar-refractivity contribution is 5.94. The number of carbonyl (C=O) groups excluding carboxylic acids is 1. The summed E-state index contributed by atoms with van der Waals surface area (Å²) in [4.78, 5) is 39.7. The van der Waals surface area contributed by atoms with Crippen LogP contribution in [-0.4, -0.2) is 36.9 Å². The molecular weight excluding hydrogens is 330 g/mol. The van der Waals surface area contributed by atoms with Crippen LogP contribution in [-0.2, 0) is 20.0 Å². The average Bonchev–Trinajstić information content (AvgIpc) is 2.69. The first kappa shape index (κ1) is 16.1. The Balaban J connectivity index is 1.71. The minimum atomic E-state index is -0.290. The van der Waals surface area contributed by atoms with Crippen LogP contribution in [0.2, 0.25) is 0 Å². The van der Waals surface area contributed by atoms with Gasteiger partial charge in [-0.05, 0) is 24.3 Å². The van der Waals surface area contributed by atoms with Crippen molar-refractivity contribution in [3.8, 4) is 11.3 Å². The molecule has 130 valence electrons. The Bertz CT molecular complexity index is 1030. The third kappa shape index (κ3) is 2.77. The van der Waals surface area contributed by atoms with Crippen LogP contribution in [0.15, 0.2) is 54.0 Å². The summed E-state index contributed by atoms with van der Waals surface area (Å²) in [6.07, 6.45) is 7.25. The van der Waals surface area contributed by atoms with Gasteiger partial charge in [0.1, 0.15) is 11.9 Å². The molecule has 0 aromatic carbocycles. The summed E-state index contributed by atoms with van der Waals surface area (Å²) in [5, 5.41) is 0. The van der Waals surface area contributed by atoms with Gasteiger partial charge in [0.05, 0.1) is 11.4 Å². The van der Waals surface area contributed by atoms with Gasteiger partial charge >= 0.3 is 0 Å². The van der Waals surface area contributed by atoms with Crippen molar-refractivity contribution in [2.45, 2.75) is 13.0 Å². The van der Waals surface area contributed by atoms with Gasteiger partial charge in [0.25, 0.3) is 11.5 Å². The molecule has 1 aliphatic heterocycles. The molecule has 0 bridgehead atoms. The van der Waals surface area contributed by atoms with Gasteiger partial charge in [0, 0.05) is 56.3 Å². The molecule has 4 heterocycles.